The van der Waals surface area contributed by atoms with Gasteiger partial charge in [0.15, 0.2) is 0 Å². The molecule has 0 saturated carbocycles. The first-order chi connectivity index (χ1) is 8.74. The summed E-state index contributed by atoms with van der Waals surface area (Å²) >= 11 is 0. The van der Waals surface area contributed by atoms with Gasteiger partial charge in [-0.25, -0.2) is 4.98 Å². The van der Waals surface area contributed by atoms with Gasteiger partial charge in [0.1, 0.15) is 5.75 Å². The van der Waals surface area contributed by atoms with Crippen LogP contribution in [0.3, 0.4) is 0 Å². The molecule has 4 heteroatoms. The van der Waals surface area contributed by atoms with Gasteiger partial charge < -0.3 is 10.1 Å². The van der Waals surface area contributed by atoms with E-state index in [1.165, 1.54) is 0 Å². The van der Waals surface area contributed by atoms with Crippen LogP contribution >= 0.6 is 0 Å². The number of pyridine rings is 2. The van der Waals surface area contributed by atoms with Crippen LogP contribution in [0.15, 0.2) is 42.7 Å². The van der Waals surface area contributed by atoms with Gasteiger partial charge in [-0.1, -0.05) is 19.9 Å². The van der Waals surface area contributed by atoms with Gasteiger partial charge in [-0.3, -0.25) is 4.98 Å². The standard InChI is InChI=1S/C14H17N3O/c1-11(2)16-9-12-5-3-7-14(17-12)18-13-6-4-8-15-10-13/h3-8,10-11,16H,9H2,1-2H3. The Morgan fingerprint density at radius 3 is 2.83 bits per heavy atom. The highest BCUT2D eigenvalue weighted by Gasteiger charge is 2.01. The molecule has 0 fully saturated rings. The molecule has 0 aliphatic heterocycles. The number of aromatic nitrogens is 2. The molecular weight excluding hydrogens is 226 g/mol. The monoisotopic (exact) mass is 243 g/mol. The van der Waals surface area contributed by atoms with Gasteiger partial charge >= 0.3 is 0 Å². The second-order valence-electron chi connectivity index (χ2n) is 4.29. The number of hydrogen-bond acceptors (Lipinski definition) is 4. The Hall–Kier alpha value is -1.94. The van der Waals surface area contributed by atoms with Crippen molar-refractivity contribution in [3.8, 4) is 11.6 Å². The first-order valence-electron chi connectivity index (χ1n) is 6.01. The first-order valence-corrected chi connectivity index (χ1v) is 6.01. The van der Waals surface area contributed by atoms with E-state index < -0.39 is 0 Å². The molecule has 0 spiro atoms. The lowest BCUT2D eigenvalue weighted by Gasteiger charge is -2.09. The van der Waals surface area contributed by atoms with E-state index in [0.29, 0.717) is 17.7 Å². The summed E-state index contributed by atoms with van der Waals surface area (Å²) in [4.78, 5) is 8.43. The molecule has 0 unspecified atom stereocenters. The Morgan fingerprint density at radius 2 is 2.11 bits per heavy atom. The summed E-state index contributed by atoms with van der Waals surface area (Å²) in [6.07, 6.45) is 3.38. The molecule has 18 heavy (non-hydrogen) atoms. The van der Waals surface area contributed by atoms with Crippen molar-refractivity contribution in [2.75, 3.05) is 0 Å². The van der Waals surface area contributed by atoms with Crippen molar-refractivity contribution in [2.45, 2.75) is 26.4 Å². The van der Waals surface area contributed by atoms with E-state index in [4.69, 9.17) is 4.74 Å². The largest absolute Gasteiger partial charge is 0.437 e. The molecule has 0 radical (unpaired) electrons. The van der Waals surface area contributed by atoms with E-state index in [9.17, 15) is 0 Å². The van der Waals surface area contributed by atoms with E-state index in [-0.39, 0.29) is 0 Å². The highest BCUT2D eigenvalue weighted by molar-refractivity contribution is 5.24. The molecule has 0 aliphatic rings. The smallest absolute Gasteiger partial charge is 0.219 e. The quantitative estimate of drug-likeness (QED) is 0.877. The summed E-state index contributed by atoms with van der Waals surface area (Å²) in [6, 6.07) is 9.88. The van der Waals surface area contributed by atoms with E-state index >= 15 is 0 Å². The number of ether oxygens (including phenoxy) is 1. The summed E-state index contributed by atoms with van der Waals surface area (Å²) in [5, 5.41) is 3.32. The molecule has 2 heterocycles. The second-order valence-corrected chi connectivity index (χ2v) is 4.29. The Labute approximate surface area is 107 Å². The summed E-state index contributed by atoms with van der Waals surface area (Å²) in [7, 11) is 0. The Bertz CT molecular complexity index is 485. The zero-order valence-corrected chi connectivity index (χ0v) is 10.6. The lowest BCUT2D eigenvalue weighted by molar-refractivity contribution is 0.456. The minimum absolute atomic E-state index is 0.440. The average Bonchev–Trinajstić information content (AvgIpc) is 2.38. The highest BCUT2D eigenvalue weighted by atomic mass is 16.5. The third-order valence-electron chi connectivity index (χ3n) is 2.33. The predicted molar refractivity (Wildman–Crippen MR) is 70.5 cm³/mol. The average molecular weight is 243 g/mol. The molecule has 1 N–H and O–H groups in total. The minimum atomic E-state index is 0.440. The lowest BCUT2D eigenvalue weighted by Crippen LogP contribution is -2.22. The highest BCUT2D eigenvalue weighted by Crippen LogP contribution is 2.17. The van der Waals surface area contributed by atoms with Crippen LogP contribution in [-0.4, -0.2) is 16.0 Å². The van der Waals surface area contributed by atoms with Crippen molar-refractivity contribution < 1.29 is 4.74 Å². The summed E-state index contributed by atoms with van der Waals surface area (Å²) in [6.45, 7) is 4.95. The Morgan fingerprint density at radius 1 is 1.22 bits per heavy atom. The molecule has 0 aliphatic carbocycles. The molecular formula is C14H17N3O. The normalized spacial score (nSPS) is 10.6. The van der Waals surface area contributed by atoms with Crippen molar-refractivity contribution in [3.63, 3.8) is 0 Å². The number of hydrogen-bond donors (Lipinski definition) is 1. The third kappa shape index (κ3) is 3.82. The molecule has 94 valence electrons. The van der Waals surface area contributed by atoms with Gasteiger partial charge in [0.05, 0.1) is 11.9 Å². The molecule has 4 nitrogen and oxygen atoms in total. The Balaban J connectivity index is 2.03. The van der Waals surface area contributed by atoms with Crippen molar-refractivity contribution in [1.82, 2.24) is 15.3 Å². The van der Waals surface area contributed by atoms with Crippen molar-refractivity contribution in [2.24, 2.45) is 0 Å². The number of rotatable bonds is 5. The fraction of sp³-hybridized carbons (Fsp3) is 0.286. The summed E-state index contributed by atoms with van der Waals surface area (Å²) in [5.41, 5.74) is 0.963. The van der Waals surface area contributed by atoms with Crippen LogP contribution in [0.4, 0.5) is 0 Å². The van der Waals surface area contributed by atoms with Crippen LogP contribution in [0.5, 0.6) is 11.6 Å². The summed E-state index contributed by atoms with van der Waals surface area (Å²) in [5.74, 6) is 1.28. The molecule has 0 aromatic carbocycles. The minimum Gasteiger partial charge on any atom is -0.437 e. The van der Waals surface area contributed by atoms with Crippen LogP contribution in [-0.2, 0) is 6.54 Å². The maximum absolute atomic E-state index is 5.62. The van der Waals surface area contributed by atoms with Gasteiger partial charge in [-0.05, 0) is 18.2 Å². The van der Waals surface area contributed by atoms with Gasteiger partial charge in [0.25, 0.3) is 0 Å². The molecule has 2 rings (SSSR count). The molecule has 0 saturated heterocycles. The van der Waals surface area contributed by atoms with Gasteiger partial charge in [-0.15, -0.1) is 0 Å². The fourth-order valence-electron chi connectivity index (χ4n) is 1.45. The zero-order valence-electron chi connectivity index (χ0n) is 10.6. The van der Waals surface area contributed by atoms with Gasteiger partial charge in [0, 0.05) is 24.8 Å². The first kappa shape index (κ1) is 12.5. The summed E-state index contributed by atoms with van der Waals surface area (Å²) < 4.78 is 5.62. The van der Waals surface area contributed by atoms with Crippen LogP contribution in [0.2, 0.25) is 0 Å². The number of nitrogens with zero attached hydrogens (tertiary/aromatic N) is 2. The molecule has 2 aromatic rings. The van der Waals surface area contributed by atoms with Crippen molar-refractivity contribution >= 4 is 0 Å². The molecule has 2 aromatic heterocycles. The second kappa shape index (κ2) is 6.12. The van der Waals surface area contributed by atoms with E-state index in [1.807, 2.05) is 30.3 Å². The Kier molecular flexibility index (Phi) is 4.25. The van der Waals surface area contributed by atoms with E-state index in [1.54, 1.807) is 12.4 Å². The van der Waals surface area contributed by atoms with Crippen molar-refractivity contribution in [3.05, 3.63) is 48.4 Å². The topological polar surface area (TPSA) is 47.0 Å². The zero-order chi connectivity index (χ0) is 12.8. The van der Waals surface area contributed by atoms with E-state index in [2.05, 4.69) is 29.1 Å². The van der Waals surface area contributed by atoms with Crippen molar-refractivity contribution in [1.29, 1.82) is 0 Å². The van der Waals surface area contributed by atoms with Crippen LogP contribution in [0.25, 0.3) is 0 Å². The van der Waals surface area contributed by atoms with Crippen LogP contribution in [0.1, 0.15) is 19.5 Å². The van der Waals surface area contributed by atoms with E-state index in [0.717, 1.165) is 12.2 Å². The lowest BCUT2D eigenvalue weighted by atomic mass is 10.3. The molecule has 0 bridgehead atoms. The predicted octanol–water partition coefficient (Wildman–Crippen LogP) is 2.77. The fourth-order valence-corrected chi connectivity index (χ4v) is 1.45. The number of nitrogens with one attached hydrogen (secondary N) is 1. The van der Waals surface area contributed by atoms with Crippen LogP contribution < -0.4 is 10.1 Å². The molecule has 0 amide bonds. The molecule has 0 atom stereocenters. The van der Waals surface area contributed by atoms with Gasteiger partial charge in [-0.2, -0.15) is 0 Å². The SMILES string of the molecule is CC(C)NCc1cccc(Oc2cccnc2)n1. The van der Waals surface area contributed by atoms with Gasteiger partial charge in [0.2, 0.25) is 5.88 Å². The van der Waals surface area contributed by atoms with Crippen LogP contribution in [0, 0.1) is 0 Å². The maximum Gasteiger partial charge on any atom is 0.219 e. The third-order valence-corrected chi connectivity index (χ3v) is 2.33. The maximum atomic E-state index is 5.62.